The molecule has 112 valence electrons. The average Bonchev–Trinajstić information content (AvgIpc) is 2.89. The Balaban J connectivity index is 2.21. The van der Waals surface area contributed by atoms with Crippen molar-refractivity contribution in [3.63, 3.8) is 0 Å². The third-order valence-electron chi connectivity index (χ3n) is 2.68. The summed E-state index contributed by atoms with van der Waals surface area (Å²) in [5, 5.41) is 0. The zero-order chi connectivity index (χ0) is 15.5. The molecule has 1 aromatic heterocycles. The first-order valence-electron chi connectivity index (χ1n) is 5.99. The molecule has 2 rings (SSSR count). The number of carbonyl (C=O) groups is 1. The van der Waals surface area contributed by atoms with Gasteiger partial charge in [0, 0.05) is 10.0 Å². The Morgan fingerprint density at radius 1 is 1.19 bits per heavy atom. The molecule has 0 saturated heterocycles. The minimum absolute atomic E-state index is 0.189. The molecule has 1 heterocycles. The summed E-state index contributed by atoms with van der Waals surface area (Å²) in [5.74, 6) is -0.402. The Hall–Kier alpha value is -1.76. The van der Waals surface area contributed by atoms with Gasteiger partial charge in [0.25, 0.3) is 5.91 Å². The van der Waals surface area contributed by atoms with Crippen LogP contribution in [0.4, 0.5) is 13.2 Å². The highest BCUT2D eigenvalue weighted by Crippen LogP contribution is 2.21. The first-order valence-corrected chi connectivity index (χ1v) is 6.78. The fourth-order valence-electron chi connectivity index (χ4n) is 1.78. The van der Waals surface area contributed by atoms with Crippen LogP contribution in [-0.4, -0.2) is 23.5 Å². The number of carbonyl (C=O) groups excluding carboxylic acids is 1. The number of benzene rings is 1. The largest absolute Gasteiger partial charge is 0.467 e. The van der Waals surface area contributed by atoms with Gasteiger partial charge in [0.05, 0.1) is 12.8 Å². The Morgan fingerprint density at radius 3 is 2.38 bits per heavy atom. The van der Waals surface area contributed by atoms with Crippen LogP contribution in [0.3, 0.4) is 0 Å². The van der Waals surface area contributed by atoms with Crippen molar-refractivity contribution < 1.29 is 22.4 Å². The van der Waals surface area contributed by atoms with E-state index < -0.39 is 18.6 Å². The van der Waals surface area contributed by atoms with Crippen LogP contribution < -0.4 is 0 Å². The summed E-state index contributed by atoms with van der Waals surface area (Å²) >= 11 is 3.21. The topological polar surface area (TPSA) is 33.5 Å². The maximum absolute atomic E-state index is 12.6. The van der Waals surface area contributed by atoms with Gasteiger partial charge in [0.15, 0.2) is 0 Å². The van der Waals surface area contributed by atoms with Crippen LogP contribution in [0.5, 0.6) is 0 Å². The van der Waals surface area contributed by atoms with Gasteiger partial charge in [-0.1, -0.05) is 15.9 Å². The standard InChI is InChI=1S/C14H11BrF3NO2/c15-11-5-3-10(4-6-11)13(20)19(9-14(16,17)18)8-12-2-1-7-21-12/h1-7H,8-9H2. The molecule has 1 amide bonds. The highest BCUT2D eigenvalue weighted by Gasteiger charge is 2.33. The second-order valence-electron chi connectivity index (χ2n) is 4.36. The van der Waals surface area contributed by atoms with Crippen LogP contribution in [0.1, 0.15) is 16.1 Å². The van der Waals surface area contributed by atoms with E-state index in [0.717, 1.165) is 4.47 Å². The average molecular weight is 362 g/mol. The van der Waals surface area contributed by atoms with Gasteiger partial charge in [-0.3, -0.25) is 4.79 Å². The zero-order valence-corrected chi connectivity index (χ0v) is 12.3. The molecular formula is C14H11BrF3NO2. The van der Waals surface area contributed by atoms with E-state index in [0.29, 0.717) is 10.7 Å². The van der Waals surface area contributed by atoms with E-state index in [1.807, 2.05) is 0 Å². The molecular weight excluding hydrogens is 351 g/mol. The third-order valence-corrected chi connectivity index (χ3v) is 3.20. The van der Waals surface area contributed by atoms with E-state index in [4.69, 9.17) is 4.42 Å². The van der Waals surface area contributed by atoms with Crippen molar-refractivity contribution in [3.8, 4) is 0 Å². The van der Waals surface area contributed by atoms with E-state index in [2.05, 4.69) is 15.9 Å². The Labute approximate surface area is 127 Å². The molecule has 0 aliphatic heterocycles. The van der Waals surface area contributed by atoms with E-state index in [1.54, 1.807) is 18.2 Å². The number of hydrogen-bond acceptors (Lipinski definition) is 2. The quantitative estimate of drug-likeness (QED) is 0.815. The van der Waals surface area contributed by atoms with Crippen LogP contribution >= 0.6 is 15.9 Å². The van der Waals surface area contributed by atoms with Gasteiger partial charge in [0.2, 0.25) is 0 Å². The number of hydrogen-bond donors (Lipinski definition) is 0. The van der Waals surface area contributed by atoms with Gasteiger partial charge in [-0.2, -0.15) is 13.2 Å². The molecule has 21 heavy (non-hydrogen) atoms. The van der Waals surface area contributed by atoms with E-state index in [-0.39, 0.29) is 12.1 Å². The Bertz CT molecular complexity index is 594. The number of nitrogens with zero attached hydrogens (tertiary/aromatic N) is 1. The number of alkyl halides is 3. The van der Waals surface area contributed by atoms with Crippen molar-refractivity contribution in [1.29, 1.82) is 0 Å². The lowest BCUT2D eigenvalue weighted by molar-refractivity contribution is -0.142. The normalized spacial score (nSPS) is 11.4. The first-order chi connectivity index (χ1) is 9.85. The van der Waals surface area contributed by atoms with Crippen LogP contribution in [-0.2, 0) is 6.54 Å². The molecule has 0 radical (unpaired) electrons. The molecule has 0 aliphatic carbocycles. The molecule has 0 aliphatic rings. The van der Waals surface area contributed by atoms with Crippen LogP contribution in [0.2, 0.25) is 0 Å². The molecule has 1 aromatic carbocycles. The summed E-state index contributed by atoms with van der Waals surface area (Å²) in [6.45, 7) is -1.57. The summed E-state index contributed by atoms with van der Waals surface area (Å²) in [6.07, 6.45) is -3.12. The fourth-order valence-corrected chi connectivity index (χ4v) is 2.05. The maximum Gasteiger partial charge on any atom is 0.406 e. The second-order valence-corrected chi connectivity index (χ2v) is 5.28. The zero-order valence-electron chi connectivity index (χ0n) is 10.7. The summed E-state index contributed by atoms with van der Waals surface area (Å²) in [6, 6.07) is 9.23. The first kappa shape index (κ1) is 15.6. The highest BCUT2D eigenvalue weighted by atomic mass is 79.9. The van der Waals surface area contributed by atoms with Crippen molar-refractivity contribution in [2.45, 2.75) is 12.7 Å². The molecule has 0 N–H and O–H groups in total. The van der Waals surface area contributed by atoms with Crippen LogP contribution in [0.15, 0.2) is 51.6 Å². The predicted molar refractivity (Wildman–Crippen MR) is 73.6 cm³/mol. The lowest BCUT2D eigenvalue weighted by Crippen LogP contribution is -2.38. The Morgan fingerprint density at radius 2 is 1.86 bits per heavy atom. The van der Waals surface area contributed by atoms with Gasteiger partial charge >= 0.3 is 6.18 Å². The lowest BCUT2D eigenvalue weighted by Gasteiger charge is -2.23. The molecule has 0 bridgehead atoms. The van der Waals surface area contributed by atoms with E-state index in [1.165, 1.54) is 24.5 Å². The molecule has 0 spiro atoms. The fraction of sp³-hybridized carbons (Fsp3) is 0.214. The second kappa shape index (κ2) is 6.34. The summed E-state index contributed by atoms with van der Waals surface area (Å²) < 4.78 is 43.7. The van der Waals surface area contributed by atoms with Crippen molar-refractivity contribution >= 4 is 21.8 Å². The molecule has 0 atom stereocenters. The number of furan rings is 1. The van der Waals surface area contributed by atoms with Crippen LogP contribution in [0.25, 0.3) is 0 Å². The highest BCUT2D eigenvalue weighted by molar-refractivity contribution is 9.10. The Kier molecular flexibility index (Phi) is 4.72. The van der Waals surface area contributed by atoms with Gasteiger partial charge in [-0.15, -0.1) is 0 Å². The summed E-state index contributed by atoms with van der Waals surface area (Å²) in [7, 11) is 0. The monoisotopic (exact) mass is 361 g/mol. The molecule has 3 nitrogen and oxygen atoms in total. The van der Waals surface area contributed by atoms with Gasteiger partial charge in [-0.25, -0.2) is 0 Å². The smallest absolute Gasteiger partial charge is 0.406 e. The van der Waals surface area contributed by atoms with E-state index >= 15 is 0 Å². The lowest BCUT2D eigenvalue weighted by atomic mass is 10.2. The number of amides is 1. The van der Waals surface area contributed by atoms with Crippen molar-refractivity contribution in [3.05, 3.63) is 58.5 Å². The molecule has 2 aromatic rings. The third kappa shape index (κ3) is 4.63. The van der Waals surface area contributed by atoms with Crippen molar-refractivity contribution in [2.75, 3.05) is 6.54 Å². The summed E-state index contributed by atoms with van der Waals surface area (Å²) in [4.78, 5) is 12.9. The van der Waals surface area contributed by atoms with Gasteiger partial charge in [0.1, 0.15) is 12.3 Å². The molecule has 0 saturated carbocycles. The van der Waals surface area contributed by atoms with Crippen molar-refractivity contribution in [2.24, 2.45) is 0 Å². The minimum atomic E-state index is -4.47. The summed E-state index contributed by atoms with van der Waals surface area (Å²) in [5.41, 5.74) is 0.189. The van der Waals surface area contributed by atoms with Crippen LogP contribution in [0, 0.1) is 0 Å². The molecule has 7 heteroatoms. The predicted octanol–water partition coefficient (Wildman–Crippen LogP) is 4.25. The SMILES string of the molecule is O=C(c1ccc(Br)cc1)N(Cc1ccco1)CC(F)(F)F. The molecule has 0 unspecified atom stereocenters. The minimum Gasteiger partial charge on any atom is -0.467 e. The van der Waals surface area contributed by atoms with Gasteiger partial charge < -0.3 is 9.32 Å². The maximum atomic E-state index is 12.6. The number of rotatable bonds is 4. The van der Waals surface area contributed by atoms with Crippen molar-refractivity contribution in [1.82, 2.24) is 4.90 Å². The number of halogens is 4. The van der Waals surface area contributed by atoms with Gasteiger partial charge in [-0.05, 0) is 36.4 Å². The van der Waals surface area contributed by atoms with E-state index in [9.17, 15) is 18.0 Å². The molecule has 0 fully saturated rings.